The first-order valence-corrected chi connectivity index (χ1v) is 11.0. The van der Waals surface area contributed by atoms with Crippen LogP contribution in [0.5, 0.6) is 5.75 Å². The molecule has 0 aliphatic carbocycles. The molecule has 0 saturated carbocycles. The highest BCUT2D eigenvalue weighted by atomic mass is 35.5. The Hall–Kier alpha value is -3.65. The van der Waals surface area contributed by atoms with E-state index in [0.29, 0.717) is 40.8 Å². The van der Waals surface area contributed by atoms with E-state index >= 15 is 0 Å². The van der Waals surface area contributed by atoms with Gasteiger partial charge in [0.05, 0.1) is 42.4 Å². The summed E-state index contributed by atoms with van der Waals surface area (Å²) in [5.41, 5.74) is 1.61. The van der Waals surface area contributed by atoms with Crippen molar-refractivity contribution in [3.05, 3.63) is 88.3 Å². The molecular weight excluding hydrogens is 461 g/mol. The van der Waals surface area contributed by atoms with Gasteiger partial charge in [-0.2, -0.15) is 0 Å². The molecule has 1 atom stereocenters. The van der Waals surface area contributed by atoms with Crippen LogP contribution in [-0.4, -0.2) is 43.2 Å². The Balaban J connectivity index is 1.42. The van der Waals surface area contributed by atoms with Gasteiger partial charge >= 0.3 is 5.97 Å². The molecule has 4 rings (SSSR count). The first-order valence-electron chi connectivity index (χ1n) is 10.7. The second kappa shape index (κ2) is 10.1. The topological polar surface area (TPSA) is 80.8 Å². The maximum Gasteiger partial charge on any atom is 0.337 e. The number of anilines is 1. The summed E-state index contributed by atoms with van der Waals surface area (Å²) >= 11 is 6.13. The van der Waals surface area contributed by atoms with Gasteiger partial charge in [-0.3, -0.25) is 4.79 Å². The minimum absolute atomic E-state index is 0.105. The number of pyridine rings is 1. The quantitative estimate of drug-likeness (QED) is 0.501. The van der Waals surface area contributed by atoms with Crippen LogP contribution in [0.1, 0.15) is 39.2 Å². The van der Waals surface area contributed by atoms with Crippen LogP contribution in [0.15, 0.2) is 60.8 Å². The van der Waals surface area contributed by atoms with Crippen molar-refractivity contribution in [1.29, 1.82) is 0 Å². The zero-order chi connectivity index (χ0) is 24.2. The monoisotopic (exact) mass is 483 g/mol. The lowest BCUT2D eigenvalue weighted by molar-refractivity contribution is 0.0600. The molecule has 176 valence electrons. The van der Waals surface area contributed by atoms with Gasteiger partial charge in [-0.05, 0) is 55.0 Å². The van der Waals surface area contributed by atoms with E-state index in [9.17, 15) is 14.0 Å². The minimum atomic E-state index is -0.422. The Morgan fingerprint density at radius 1 is 1.15 bits per heavy atom. The first kappa shape index (κ1) is 23.5. The second-order valence-electron chi connectivity index (χ2n) is 7.93. The lowest BCUT2D eigenvalue weighted by atomic mass is 10.0. The summed E-state index contributed by atoms with van der Waals surface area (Å²) in [6.45, 7) is 2.90. The van der Waals surface area contributed by atoms with Crippen LogP contribution in [-0.2, 0) is 4.74 Å². The number of hydrogen-bond acceptors (Lipinski definition) is 6. The van der Waals surface area contributed by atoms with E-state index < -0.39 is 5.97 Å². The molecule has 1 aliphatic rings. The average molecular weight is 484 g/mol. The highest BCUT2D eigenvalue weighted by Crippen LogP contribution is 2.28. The summed E-state index contributed by atoms with van der Waals surface area (Å²) in [5, 5.41) is 3.31. The van der Waals surface area contributed by atoms with E-state index in [1.54, 1.807) is 42.5 Å². The van der Waals surface area contributed by atoms with Crippen molar-refractivity contribution in [2.75, 3.05) is 25.1 Å². The Labute approximate surface area is 201 Å². The van der Waals surface area contributed by atoms with Crippen molar-refractivity contribution in [2.24, 2.45) is 0 Å². The van der Waals surface area contributed by atoms with Crippen LogP contribution in [0.3, 0.4) is 0 Å². The number of esters is 1. The summed E-state index contributed by atoms with van der Waals surface area (Å²) in [4.78, 5) is 31.0. The number of nitrogens with one attached hydrogen (secondary N) is 1. The van der Waals surface area contributed by atoms with Gasteiger partial charge in [0.25, 0.3) is 5.91 Å². The molecule has 9 heteroatoms. The van der Waals surface area contributed by atoms with Gasteiger partial charge in [-0.25, -0.2) is 14.2 Å². The van der Waals surface area contributed by atoms with Gasteiger partial charge in [0.2, 0.25) is 0 Å². The van der Waals surface area contributed by atoms with Gasteiger partial charge in [0, 0.05) is 6.20 Å². The normalized spacial score (nSPS) is 14.2. The average Bonchev–Trinajstić information content (AvgIpc) is 2.82. The van der Waals surface area contributed by atoms with Gasteiger partial charge in [-0.1, -0.05) is 23.7 Å². The predicted molar refractivity (Wildman–Crippen MR) is 126 cm³/mol. The molecule has 7 nitrogen and oxygen atoms in total. The van der Waals surface area contributed by atoms with Crippen molar-refractivity contribution >= 4 is 29.3 Å². The lowest BCUT2D eigenvalue weighted by Crippen LogP contribution is -2.54. The van der Waals surface area contributed by atoms with Crippen LogP contribution in [0.2, 0.25) is 5.02 Å². The molecule has 3 aromatic rings. The number of aromatic nitrogens is 1. The highest BCUT2D eigenvalue weighted by molar-refractivity contribution is 6.31. The predicted octanol–water partition coefficient (Wildman–Crippen LogP) is 4.42. The maximum absolute atomic E-state index is 13.1. The molecule has 2 aromatic carbocycles. The highest BCUT2D eigenvalue weighted by Gasteiger charge is 2.32. The van der Waals surface area contributed by atoms with E-state index in [2.05, 4.69) is 10.3 Å². The molecule has 1 saturated heterocycles. The van der Waals surface area contributed by atoms with Crippen LogP contribution < -0.4 is 15.0 Å². The zero-order valence-corrected chi connectivity index (χ0v) is 19.4. The van der Waals surface area contributed by atoms with E-state index in [-0.39, 0.29) is 23.9 Å². The first-order chi connectivity index (χ1) is 16.3. The number of rotatable bonds is 7. The molecule has 34 heavy (non-hydrogen) atoms. The van der Waals surface area contributed by atoms with Crippen LogP contribution >= 0.6 is 11.6 Å². The van der Waals surface area contributed by atoms with E-state index in [1.165, 1.54) is 25.4 Å². The van der Waals surface area contributed by atoms with Gasteiger partial charge in [-0.15, -0.1) is 0 Å². The molecule has 1 aliphatic heterocycles. The van der Waals surface area contributed by atoms with Crippen LogP contribution in [0, 0.1) is 5.82 Å². The molecule has 1 fully saturated rings. The fourth-order valence-electron chi connectivity index (χ4n) is 3.63. The smallest absolute Gasteiger partial charge is 0.337 e. The van der Waals surface area contributed by atoms with Crippen molar-refractivity contribution < 1.29 is 23.5 Å². The Kier molecular flexibility index (Phi) is 6.98. The van der Waals surface area contributed by atoms with Gasteiger partial charge in [0.1, 0.15) is 23.5 Å². The largest absolute Gasteiger partial charge is 0.487 e. The maximum atomic E-state index is 13.1. The van der Waals surface area contributed by atoms with Crippen molar-refractivity contribution in [3.63, 3.8) is 0 Å². The third-order valence-electron chi connectivity index (χ3n) is 5.52. The summed E-state index contributed by atoms with van der Waals surface area (Å²) in [7, 11) is 1.32. The zero-order valence-electron chi connectivity index (χ0n) is 18.6. The number of hydrogen-bond donors (Lipinski definition) is 1. The van der Waals surface area contributed by atoms with Crippen LogP contribution in [0.4, 0.5) is 10.2 Å². The van der Waals surface area contributed by atoms with Crippen molar-refractivity contribution in [1.82, 2.24) is 10.3 Å². The second-order valence-corrected chi connectivity index (χ2v) is 8.37. The fourth-order valence-corrected chi connectivity index (χ4v) is 3.78. The summed E-state index contributed by atoms with van der Waals surface area (Å²) in [6, 6.07) is 13.9. The molecule has 0 spiro atoms. The molecule has 0 radical (unpaired) electrons. The third kappa shape index (κ3) is 5.28. The number of carbonyl (C=O) groups is 2. The number of ether oxygens (including phenoxy) is 2. The van der Waals surface area contributed by atoms with Crippen molar-refractivity contribution in [3.8, 4) is 5.75 Å². The Morgan fingerprint density at radius 3 is 2.47 bits per heavy atom. The van der Waals surface area contributed by atoms with Crippen LogP contribution in [0.25, 0.3) is 0 Å². The van der Waals surface area contributed by atoms with Gasteiger partial charge < -0.3 is 19.7 Å². The van der Waals surface area contributed by atoms with Gasteiger partial charge in [0.15, 0.2) is 0 Å². The lowest BCUT2D eigenvalue weighted by Gasteiger charge is -2.40. The number of halogens is 2. The third-order valence-corrected chi connectivity index (χ3v) is 5.73. The molecular formula is C25H23ClFN3O4. The number of amides is 1. The molecule has 2 heterocycles. The molecule has 1 aromatic heterocycles. The molecule has 1 unspecified atom stereocenters. The summed E-state index contributed by atoms with van der Waals surface area (Å²) in [6.07, 6.45) is 1.39. The van der Waals surface area contributed by atoms with E-state index in [4.69, 9.17) is 21.1 Å². The molecule has 1 N–H and O–H groups in total. The standard InChI is InChI=1S/C25H23ClFN3O4/c1-15(16-3-5-17(6-4-16)25(32)33-2)29-24(31)22-11-18(26)12-28-23(22)30-13-21(14-30)34-20-9-7-19(27)8-10-20/h3-12,15,21H,13-14H2,1-2H3,(H,29,31). The SMILES string of the molecule is COC(=O)c1ccc(C(C)NC(=O)c2cc(Cl)cnc2N2CC(Oc3ccc(F)cc3)C2)cc1. The number of nitrogens with zero attached hydrogens (tertiary/aromatic N) is 2. The number of methoxy groups -OCH3 is 1. The number of benzene rings is 2. The minimum Gasteiger partial charge on any atom is -0.487 e. The van der Waals surface area contributed by atoms with E-state index in [0.717, 1.165) is 5.56 Å². The molecule has 0 bridgehead atoms. The Bertz CT molecular complexity index is 1180. The van der Waals surface area contributed by atoms with E-state index in [1.807, 2.05) is 11.8 Å². The van der Waals surface area contributed by atoms with Crippen molar-refractivity contribution in [2.45, 2.75) is 19.1 Å². The fraction of sp³-hybridized carbons (Fsp3) is 0.240. The summed E-state index contributed by atoms with van der Waals surface area (Å²) in [5.74, 6) is 0.0260. The Morgan fingerprint density at radius 2 is 1.82 bits per heavy atom. The summed E-state index contributed by atoms with van der Waals surface area (Å²) < 4.78 is 23.6. The number of carbonyl (C=O) groups excluding carboxylic acids is 2. The molecule has 1 amide bonds.